The predicted molar refractivity (Wildman–Crippen MR) is 97.1 cm³/mol. The summed E-state index contributed by atoms with van der Waals surface area (Å²) in [5.74, 6) is 0. The first kappa shape index (κ1) is 16.2. The molecule has 1 aromatic heterocycles. The highest BCUT2D eigenvalue weighted by molar-refractivity contribution is 5.75. The van der Waals surface area contributed by atoms with E-state index in [2.05, 4.69) is 0 Å². The molecular weight excluding hydrogens is 308 g/mol. The van der Waals surface area contributed by atoms with Crippen molar-refractivity contribution in [3.8, 4) is 23.4 Å². The van der Waals surface area contributed by atoms with Crippen molar-refractivity contribution in [2.75, 3.05) is 0 Å². The summed E-state index contributed by atoms with van der Waals surface area (Å²) in [4.78, 5) is 0. The van der Waals surface area contributed by atoms with E-state index in [4.69, 9.17) is 15.6 Å². The van der Waals surface area contributed by atoms with Crippen LogP contribution < -0.4 is 0 Å². The maximum Gasteiger partial charge on any atom is 0.130 e. The second kappa shape index (κ2) is 7.29. The van der Waals surface area contributed by atoms with Gasteiger partial charge in [-0.15, -0.1) is 0 Å². The quantitative estimate of drug-likeness (QED) is 0.671. The Hall–Kier alpha value is -3.63. The Morgan fingerprint density at radius 1 is 1.08 bits per heavy atom. The molecule has 0 unspecified atom stereocenters. The third kappa shape index (κ3) is 3.83. The topological polar surface area (TPSA) is 65.4 Å². The molecule has 0 atom stereocenters. The molecule has 3 rings (SSSR count). The number of aryl methyl sites for hydroxylation is 1. The monoisotopic (exact) mass is 324 g/mol. The summed E-state index contributed by atoms with van der Waals surface area (Å²) < 4.78 is 1.84. The maximum absolute atomic E-state index is 9.07. The van der Waals surface area contributed by atoms with Gasteiger partial charge in [-0.3, -0.25) is 4.68 Å². The molecule has 0 amide bonds. The third-order valence-corrected chi connectivity index (χ3v) is 3.81. The Balaban J connectivity index is 2.07. The molecule has 0 saturated heterocycles. The van der Waals surface area contributed by atoms with Gasteiger partial charge in [0.1, 0.15) is 17.7 Å². The van der Waals surface area contributed by atoms with E-state index in [1.54, 1.807) is 6.08 Å². The number of aromatic nitrogens is 2. The number of hydrogen-bond acceptors (Lipinski definition) is 3. The van der Waals surface area contributed by atoms with Crippen LogP contribution in [0.15, 0.2) is 66.4 Å². The van der Waals surface area contributed by atoms with Crippen LogP contribution in [0, 0.1) is 29.6 Å². The first-order valence-electron chi connectivity index (χ1n) is 7.90. The molecule has 4 nitrogen and oxygen atoms in total. The number of nitrogens with zero attached hydrogens (tertiary/aromatic N) is 4. The molecule has 25 heavy (non-hydrogen) atoms. The van der Waals surface area contributed by atoms with Crippen molar-refractivity contribution in [1.82, 2.24) is 9.78 Å². The van der Waals surface area contributed by atoms with Gasteiger partial charge in [0.2, 0.25) is 0 Å². The summed E-state index contributed by atoms with van der Waals surface area (Å²) in [7, 11) is 0. The number of hydrogen-bond donors (Lipinski definition) is 0. The van der Waals surface area contributed by atoms with Crippen molar-refractivity contribution in [2.45, 2.75) is 13.5 Å². The van der Waals surface area contributed by atoms with E-state index in [0.717, 1.165) is 27.9 Å². The van der Waals surface area contributed by atoms with Gasteiger partial charge in [-0.2, -0.15) is 15.6 Å². The van der Waals surface area contributed by atoms with Crippen molar-refractivity contribution in [2.24, 2.45) is 0 Å². The van der Waals surface area contributed by atoms with Crippen LogP contribution in [-0.4, -0.2) is 9.78 Å². The lowest BCUT2D eigenvalue weighted by atomic mass is 10.0. The molecule has 0 spiro atoms. The van der Waals surface area contributed by atoms with Gasteiger partial charge in [0.05, 0.1) is 12.2 Å². The van der Waals surface area contributed by atoms with Gasteiger partial charge >= 0.3 is 0 Å². The summed E-state index contributed by atoms with van der Waals surface area (Å²) in [5, 5.41) is 22.8. The van der Waals surface area contributed by atoms with E-state index in [0.29, 0.717) is 6.54 Å². The summed E-state index contributed by atoms with van der Waals surface area (Å²) in [6.07, 6.45) is 3.46. The van der Waals surface area contributed by atoms with Crippen LogP contribution in [0.4, 0.5) is 0 Å². The Bertz CT molecular complexity index is 982. The largest absolute Gasteiger partial charge is 0.267 e. The van der Waals surface area contributed by atoms with E-state index < -0.39 is 0 Å². The highest BCUT2D eigenvalue weighted by atomic mass is 15.3. The summed E-state index contributed by atoms with van der Waals surface area (Å²) in [6, 6.07) is 21.9. The summed E-state index contributed by atoms with van der Waals surface area (Å²) >= 11 is 0. The van der Waals surface area contributed by atoms with Crippen molar-refractivity contribution in [3.05, 3.63) is 83.1 Å². The van der Waals surface area contributed by atoms with Gasteiger partial charge in [0.15, 0.2) is 0 Å². The van der Waals surface area contributed by atoms with E-state index in [1.807, 2.05) is 84.5 Å². The molecule has 0 aliphatic rings. The molecule has 0 radical (unpaired) electrons. The fraction of sp³-hybridized carbons (Fsp3) is 0.0952. The van der Waals surface area contributed by atoms with Gasteiger partial charge < -0.3 is 0 Å². The Morgan fingerprint density at radius 2 is 1.84 bits per heavy atom. The third-order valence-electron chi connectivity index (χ3n) is 3.81. The molecule has 0 aliphatic heterocycles. The van der Waals surface area contributed by atoms with Gasteiger partial charge in [-0.1, -0.05) is 54.1 Å². The lowest BCUT2D eigenvalue weighted by Crippen LogP contribution is -2.00. The average molecular weight is 324 g/mol. The Kier molecular flexibility index (Phi) is 4.74. The predicted octanol–water partition coefficient (Wildman–Crippen LogP) is 4.34. The smallest absolute Gasteiger partial charge is 0.130 e. The van der Waals surface area contributed by atoms with Gasteiger partial charge in [0, 0.05) is 17.3 Å². The lowest BCUT2D eigenvalue weighted by Gasteiger charge is -2.02. The molecule has 2 aromatic carbocycles. The zero-order valence-electron chi connectivity index (χ0n) is 13.8. The molecule has 4 heteroatoms. The van der Waals surface area contributed by atoms with E-state index in [-0.39, 0.29) is 5.57 Å². The van der Waals surface area contributed by atoms with Crippen molar-refractivity contribution >= 4 is 6.08 Å². The molecule has 0 aliphatic carbocycles. The number of benzene rings is 2. The fourth-order valence-corrected chi connectivity index (χ4v) is 2.66. The van der Waals surface area contributed by atoms with Crippen molar-refractivity contribution in [1.29, 1.82) is 10.5 Å². The number of allylic oxidation sites excluding steroid dienone is 1. The second-order valence-electron chi connectivity index (χ2n) is 5.77. The van der Waals surface area contributed by atoms with Crippen LogP contribution >= 0.6 is 0 Å². The van der Waals surface area contributed by atoms with Crippen molar-refractivity contribution < 1.29 is 0 Å². The first-order valence-corrected chi connectivity index (χ1v) is 7.90. The van der Waals surface area contributed by atoms with Gasteiger partial charge in [0.25, 0.3) is 0 Å². The summed E-state index contributed by atoms with van der Waals surface area (Å²) in [5.41, 5.74) is 4.83. The van der Waals surface area contributed by atoms with Crippen LogP contribution in [0.5, 0.6) is 0 Å². The second-order valence-corrected chi connectivity index (χ2v) is 5.77. The highest BCUT2D eigenvalue weighted by Crippen LogP contribution is 2.25. The minimum atomic E-state index is 0.0631. The molecule has 0 N–H and O–H groups in total. The molecule has 1 heterocycles. The molecule has 0 saturated carbocycles. The molecule has 0 fully saturated rings. The molecule has 3 aromatic rings. The van der Waals surface area contributed by atoms with E-state index in [1.165, 1.54) is 0 Å². The van der Waals surface area contributed by atoms with E-state index in [9.17, 15) is 0 Å². The van der Waals surface area contributed by atoms with Crippen LogP contribution in [0.2, 0.25) is 0 Å². The lowest BCUT2D eigenvalue weighted by molar-refractivity contribution is 0.689. The maximum atomic E-state index is 9.07. The molecular formula is C21H16N4. The minimum Gasteiger partial charge on any atom is -0.267 e. The SMILES string of the molecule is Cc1cccc(-c2nn(Cc3ccccc3)cc2C=C(C#N)C#N)c1. The van der Waals surface area contributed by atoms with Gasteiger partial charge in [-0.05, 0) is 24.6 Å². The first-order chi connectivity index (χ1) is 12.2. The number of rotatable bonds is 4. The fourth-order valence-electron chi connectivity index (χ4n) is 2.66. The normalized spacial score (nSPS) is 9.88. The summed E-state index contributed by atoms with van der Waals surface area (Å²) in [6.45, 7) is 2.65. The van der Waals surface area contributed by atoms with Crippen LogP contribution in [-0.2, 0) is 6.54 Å². The van der Waals surface area contributed by atoms with Crippen molar-refractivity contribution in [3.63, 3.8) is 0 Å². The Morgan fingerprint density at radius 3 is 2.52 bits per heavy atom. The highest BCUT2D eigenvalue weighted by Gasteiger charge is 2.11. The average Bonchev–Trinajstić information content (AvgIpc) is 3.03. The zero-order valence-corrected chi connectivity index (χ0v) is 13.8. The van der Waals surface area contributed by atoms with Crippen LogP contribution in [0.25, 0.3) is 17.3 Å². The van der Waals surface area contributed by atoms with Gasteiger partial charge in [-0.25, -0.2) is 0 Å². The minimum absolute atomic E-state index is 0.0631. The van der Waals surface area contributed by atoms with Crippen LogP contribution in [0.1, 0.15) is 16.7 Å². The number of nitriles is 2. The Labute approximate surface area is 146 Å². The van der Waals surface area contributed by atoms with Crippen LogP contribution in [0.3, 0.4) is 0 Å². The molecule has 0 bridgehead atoms. The molecule has 120 valence electrons. The zero-order chi connectivity index (χ0) is 17.6. The van der Waals surface area contributed by atoms with E-state index >= 15 is 0 Å². The standard InChI is InChI=1S/C21H16N4/c1-16-6-5-9-19(10-16)21-20(11-18(12-22)13-23)15-25(24-21)14-17-7-3-2-4-8-17/h2-11,15H,14H2,1H3.